The van der Waals surface area contributed by atoms with Crippen LogP contribution >= 0.6 is 22.6 Å². The molecule has 1 amide bonds. The lowest BCUT2D eigenvalue weighted by Gasteiger charge is -2.52. The number of carbonyl (C=O) groups is 1. The van der Waals surface area contributed by atoms with Crippen molar-refractivity contribution in [3.05, 3.63) is 68.0 Å². The van der Waals surface area contributed by atoms with Crippen LogP contribution < -0.4 is 0 Å². The molecule has 1 aliphatic heterocycles. The highest BCUT2D eigenvalue weighted by atomic mass is 127. The first-order chi connectivity index (χ1) is 14.7. The SMILES string of the molecule is O=C(c1ccc(F)c(F)c1Cc1ccc(I)cc1F)N1CC(O)(C2CCCC[C@H]2O)C1. The second kappa shape index (κ2) is 8.71. The zero-order chi connectivity index (χ0) is 22.3. The molecule has 1 unspecified atom stereocenters. The van der Waals surface area contributed by atoms with Crippen molar-refractivity contribution >= 4 is 28.5 Å². The van der Waals surface area contributed by atoms with Gasteiger partial charge in [-0.1, -0.05) is 18.9 Å². The van der Waals surface area contributed by atoms with Crippen molar-refractivity contribution in [2.24, 2.45) is 5.92 Å². The van der Waals surface area contributed by atoms with E-state index < -0.39 is 35.1 Å². The number of likely N-dealkylation sites (tertiary alicyclic amines) is 1. The number of halogens is 4. The maximum atomic E-state index is 14.6. The van der Waals surface area contributed by atoms with Gasteiger partial charge in [0.15, 0.2) is 11.6 Å². The summed E-state index contributed by atoms with van der Waals surface area (Å²) in [5.41, 5.74) is -1.29. The first kappa shape index (κ1) is 22.5. The number of hydrogen-bond acceptors (Lipinski definition) is 3. The molecule has 0 aromatic heterocycles. The normalized spacial score (nSPS) is 22.8. The smallest absolute Gasteiger partial charge is 0.254 e. The van der Waals surface area contributed by atoms with Gasteiger partial charge >= 0.3 is 0 Å². The summed E-state index contributed by atoms with van der Waals surface area (Å²) in [4.78, 5) is 14.4. The molecule has 2 atom stereocenters. The van der Waals surface area contributed by atoms with E-state index in [2.05, 4.69) is 0 Å². The van der Waals surface area contributed by atoms with Gasteiger partial charge in [0.25, 0.3) is 5.91 Å². The third kappa shape index (κ3) is 4.34. The van der Waals surface area contributed by atoms with Crippen molar-refractivity contribution < 1.29 is 28.2 Å². The van der Waals surface area contributed by atoms with Crippen LogP contribution in [0, 0.1) is 26.9 Å². The molecule has 2 N–H and O–H groups in total. The van der Waals surface area contributed by atoms with Gasteiger partial charge < -0.3 is 15.1 Å². The van der Waals surface area contributed by atoms with Crippen LogP contribution in [0.4, 0.5) is 13.2 Å². The van der Waals surface area contributed by atoms with E-state index in [1.165, 1.54) is 23.1 Å². The topological polar surface area (TPSA) is 60.8 Å². The predicted octanol–water partition coefficient (Wildman–Crippen LogP) is 4.04. The Hall–Kier alpha value is -1.65. The van der Waals surface area contributed by atoms with Crippen LogP contribution in [0.25, 0.3) is 0 Å². The van der Waals surface area contributed by atoms with Crippen LogP contribution in [-0.4, -0.2) is 45.8 Å². The van der Waals surface area contributed by atoms with Gasteiger partial charge in [-0.05, 0) is 65.3 Å². The molecule has 4 rings (SSSR count). The summed E-state index contributed by atoms with van der Waals surface area (Å²) >= 11 is 1.95. The quantitative estimate of drug-likeness (QED) is 0.571. The maximum absolute atomic E-state index is 14.6. The van der Waals surface area contributed by atoms with E-state index in [4.69, 9.17) is 0 Å². The summed E-state index contributed by atoms with van der Waals surface area (Å²) in [6, 6.07) is 6.52. The van der Waals surface area contributed by atoms with Crippen molar-refractivity contribution in [2.75, 3.05) is 13.1 Å². The highest BCUT2D eigenvalue weighted by Gasteiger charge is 2.52. The molecule has 0 spiro atoms. The Morgan fingerprint density at radius 1 is 1.10 bits per heavy atom. The van der Waals surface area contributed by atoms with E-state index in [9.17, 15) is 28.2 Å². The standard InChI is InChI=1S/C23H23F3INO3/c24-18-8-7-15(16(21(18)26)9-13-5-6-14(27)10-19(13)25)22(30)28-11-23(31,12-28)17-3-1-2-4-20(17)29/h5-8,10,17,20,29,31H,1-4,9,11-12H2/t17?,20-/m1/s1. The van der Waals surface area contributed by atoms with Crippen molar-refractivity contribution in [1.29, 1.82) is 0 Å². The third-order valence-electron chi connectivity index (χ3n) is 6.45. The molecule has 8 heteroatoms. The Labute approximate surface area is 192 Å². The molecule has 1 heterocycles. The average molecular weight is 545 g/mol. The van der Waals surface area contributed by atoms with Gasteiger partial charge in [-0.15, -0.1) is 0 Å². The monoisotopic (exact) mass is 545 g/mol. The Morgan fingerprint density at radius 2 is 1.81 bits per heavy atom. The number of carbonyl (C=O) groups excluding carboxylic acids is 1. The minimum Gasteiger partial charge on any atom is -0.393 e. The Balaban J connectivity index is 1.57. The Kier molecular flexibility index (Phi) is 6.33. The molecule has 1 saturated heterocycles. The number of amides is 1. The Morgan fingerprint density at radius 3 is 2.48 bits per heavy atom. The predicted molar refractivity (Wildman–Crippen MR) is 117 cm³/mol. The van der Waals surface area contributed by atoms with Crippen molar-refractivity contribution in [2.45, 2.75) is 43.8 Å². The minimum absolute atomic E-state index is 0.0177. The second-order valence-electron chi connectivity index (χ2n) is 8.52. The zero-order valence-electron chi connectivity index (χ0n) is 16.8. The number of hydrogen-bond donors (Lipinski definition) is 2. The first-order valence-corrected chi connectivity index (χ1v) is 11.4. The van der Waals surface area contributed by atoms with Gasteiger partial charge in [-0.25, -0.2) is 13.2 Å². The number of aliphatic hydroxyl groups excluding tert-OH is 1. The minimum atomic E-state index is -1.18. The van der Waals surface area contributed by atoms with Gasteiger partial charge in [-0.3, -0.25) is 4.79 Å². The summed E-state index contributed by atoms with van der Waals surface area (Å²) < 4.78 is 43.6. The summed E-state index contributed by atoms with van der Waals surface area (Å²) in [6.07, 6.45) is 2.24. The lowest BCUT2D eigenvalue weighted by molar-refractivity contribution is -0.156. The maximum Gasteiger partial charge on any atom is 0.254 e. The summed E-state index contributed by atoms with van der Waals surface area (Å²) in [5.74, 6) is -3.70. The number of benzene rings is 2. The van der Waals surface area contributed by atoms with Crippen LogP contribution in [-0.2, 0) is 6.42 Å². The van der Waals surface area contributed by atoms with E-state index >= 15 is 0 Å². The van der Waals surface area contributed by atoms with Gasteiger partial charge in [-0.2, -0.15) is 0 Å². The van der Waals surface area contributed by atoms with Crippen molar-refractivity contribution in [3.8, 4) is 0 Å². The molecule has 31 heavy (non-hydrogen) atoms. The molecule has 2 aromatic carbocycles. The number of nitrogens with zero attached hydrogens (tertiary/aromatic N) is 1. The van der Waals surface area contributed by atoms with E-state index in [1.807, 2.05) is 22.6 Å². The molecule has 4 nitrogen and oxygen atoms in total. The summed E-state index contributed by atoms with van der Waals surface area (Å²) in [6.45, 7) is 0.0355. The Bertz CT molecular complexity index is 1010. The molecule has 2 aliphatic rings. The summed E-state index contributed by atoms with van der Waals surface area (Å²) in [5, 5.41) is 21.1. The lowest BCUT2D eigenvalue weighted by Crippen LogP contribution is -2.68. The largest absolute Gasteiger partial charge is 0.393 e. The average Bonchev–Trinajstić information content (AvgIpc) is 2.71. The molecule has 1 saturated carbocycles. The number of aliphatic hydroxyl groups is 2. The van der Waals surface area contributed by atoms with E-state index in [1.54, 1.807) is 6.07 Å². The molecule has 0 radical (unpaired) electrons. The molecule has 2 aromatic rings. The second-order valence-corrected chi connectivity index (χ2v) is 9.77. The first-order valence-electron chi connectivity index (χ1n) is 10.3. The van der Waals surface area contributed by atoms with Crippen molar-refractivity contribution in [3.63, 3.8) is 0 Å². The van der Waals surface area contributed by atoms with Crippen LogP contribution in [0.3, 0.4) is 0 Å². The van der Waals surface area contributed by atoms with Gasteiger partial charge in [0.1, 0.15) is 11.4 Å². The fourth-order valence-corrected chi connectivity index (χ4v) is 5.18. The van der Waals surface area contributed by atoms with Crippen LogP contribution in [0.5, 0.6) is 0 Å². The fraction of sp³-hybridized carbons (Fsp3) is 0.435. The molecular formula is C23H23F3INO3. The molecule has 166 valence electrons. The van der Waals surface area contributed by atoms with Crippen LogP contribution in [0.15, 0.2) is 30.3 Å². The number of β-amino-alcohol motifs (C(OH)–C–C–N with tert-alkyl or cyclic N) is 1. The highest BCUT2D eigenvalue weighted by Crippen LogP contribution is 2.39. The molecule has 0 bridgehead atoms. The van der Waals surface area contributed by atoms with Gasteiger partial charge in [0.05, 0.1) is 19.2 Å². The lowest BCUT2D eigenvalue weighted by atomic mass is 9.71. The number of rotatable bonds is 4. The molecular weight excluding hydrogens is 522 g/mol. The van der Waals surface area contributed by atoms with E-state index in [0.29, 0.717) is 16.4 Å². The highest BCUT2D eigenvalue weighted by molar-refractivity contribution is 14.1. The van der Waals surface area contributed by atoms with Gasteiger partial charge in [0.2, 0.25) is 0 Å². The van der Waals surface area contributed by atoms with E-state index in [0.717, 1.165) is 18.9 Å². The van der Waals surface area contributed by atoms with E-state index in [-0.39, 0.29) is 42.1 Å². The summed E-state index contributed by atoms with van der Waals surface area (Å²) in [7, 11) is 0. The fourth-order valence-electron chi connectivity index (χ4n) is 4.72. The molecule has 1 aliphatic carbocycles. The zero-order valence-corrected chi connectivity index (χ0v) is 18.9. The molecule has 2 fully saturated rings. The van der Waals surface area contributed by atoms with Gasteiger partial charge in [0, 0.05) is 27.0 Å². The van der Waals surface area contributed by atoms with Crippen LogP contribution in [0.1, 0.15) is 47.2 Å². The van der Waals surface area contributed by atoms with Crippen molar-refractivity contribution in [1.82, 2.24) is 4.90 Å². The van der Waals surface area contributed by atoms with Crippen LogP contribution in [0.2, 0.25) is 0 Å². The third-order valence-corrected chi connectivity index (χ3v) is 7.12.